The van der Waals surface area contributed by atoms with Crippen molar-refractivity contribution in [1.82, 2.24) is 0 Å². The molecular formula is C15H25Cl2GeZr. The number of hydrogen-bond acceptors (Lipinski definition) is 0. The average molecular weight is 440 g/mol. The van der Waals surface area contributed by atoms with E-state index in [4.69, 9.17) is 0 Å². The van der Waals surface area contributed by atoms with Crippen LogP contribution < -0.4 is 0 Å². The molecule has 0 unspecified atom stereocenters. The fraction of sp³-hybridized carbons (Fsp3) is 0.467. The fourth-order valence-corrected chi connectivity index (χ4v) is 37.3. The molecular weight excluding hydrogens is 415 g/mol. The Hall–Kier alpha value is 0.966. The molecule has 0 aromatic carbocycles. The first-order chi connectivity index (χ1) is 8.02. The summed E-state index contributed by atoms with van der Waals surface area (Å²) in [6.45, 7) is 7.01. The van der Waals surface area contributed by atoms with E-state index in [1.165, 1.54) is 12.8 Å². The van der Waals surface area contributed by atoms with Crippen LogP contribution in [0.4, 0.5) is 0 Å². The zero-order valence-electron chi connectivity index (χ0n) is 12.5. The van der Waals surface area contributed by atoms with Gasteiger partial charge in [0.25, 0.3) is 0 Å². The van der Waals surface area contributed by atoms with Crippen LogP contribution in [0.15, 0.2) is 41.5 Å². The zero-order chi connectivity index (χ0) is 12.6. The van der Waals surface area contributed by atoms with E-state index in [9.17, 15) is 0 Å². The third-order valence-electron chi connectivity index (χ3n) is 4.05. The predicted molar refractivity (Wildman–Crippen MR) is 90.9 cm³/mol. The summed E-state index contributed by atoms with van der Waals surface area (Å²) in [6.07, 6.45) is 9.81. The van der Waals surface area contributed by atoms with Crippen molar-refractivity contribution in [3.05, 3.63) is 41.5 Å². The maximum absolute atomic E-state index is 2.63. The van der Waals surface area contributed by atoms with Gasteiger partial charge < -0.3 is 0 Å². The summed E-state index contributed by atoms with van der Waals surface area (Å²) < 4.78 is 3.87. The van der Waals surface area contributed by atoms with Crippen LogP contribution in [0.2, 0.25) is 11.5 Å². The van der Waals surface area contributed by atoms with Crippen LogP contribution in [0.25, 0.3) is 0 Å². The second-order valence-electron chi connectivity index (χ2n) is 5.53. The van der Waals surface area contributed by atoms with E-state index in [0.717, 1.165) is 0 Å². The fourth-order valence-electron chi connectivity index (χ4n) is 2.93. The topological polar surface area (TPSA) is 0 Å². The first-order valence-corrected chi connectivity index (χ1v) is 22.5. The number of hydrogen-bond donors (Lipinski definition) is 0. The molecule has 0 aliphatic heterocycles. The maximum atomic E-state index is 2.63. The molecule has 0 spiro atoms. The zero-order valence-corrected chi connectivity index (χ0v) is 19.1. The Morgan fingerprint density at radius 1 is 1.00 bits per heavy atom. The Morgan fingerprint density at radius 3 is 2.00 bits per heavy atom. The quantitative estimate of drug-likeness (QED) is 0.524. The number of halogens is 2. The largest absolute Gasteiger partial charge is 0.147 e. The van der Waals surface area contributed by atoms with Crippen molar-refractivity contribution in [1.29, 1.82) is 0 Å². The minimum atomic E-state index is -1.39. The molecule has 4 heteroatoms. The van der Waals surface area contributed by atoms with Gasteiger partial charge in [0.1, 0.15) is 0 Å². The van der Waals surface area contributed by atoms with Crippen molar-refractivity contribution < 1.29 is 19.2 Å². The van der Waals surface area contributed by atoms with E-state index in [1.807, 2.05) is 6.56 Å². The first kappa shape index (κ1) is 20.0. The van der Waals surface area contributed by atoms with Crippen LogP contribution in [0, 0.1) is 0 Å². The van der Waals surface area contributed by atoms with Crippen LogP contribution in [0.3, 0.4) is 0 Å². The third kappa shape index (κ3) is 4.22. The molecule has 19 heavy (non-hydrogen) atoms. The van der Waals surface area contributed by atoms with Crippen molar-refractivity contribution in [3.8, 4) is 0 Å². The molecule has 0 N–H and O–H groups in total. The van der Waals surface area contributed by atoms with Crippen molar-refractivity contribution in [2.45, 2.75) is 45.1 Å². The molecule has 0 atom stereocenters. The summed E-state index contributed by atoms with van der Waals surface area (Å²) in [4.78, 5) is 0. The van der Waals surface area contributed by atoms with Crippen LogP contribution in [0.5, 0.6) is 0 Å². The van der Waals surface area contributed by atoms with E-state index < -0.39 is 29.8 Å². The van der Waals surface area contributed by atoms with Crippen LogP contribution in [0.1, 0.15) is 33.6 Å². The van der Waals surface area contributed by atoms with E-state index in [1.54, 1.807) is 16.7 Å². The summed E-state index contributed by atoms with van der Waals surface area (Å²) >= 11 is -1.39. The van der Waals surface area contributed by atoms with Gasteiger partial charge in [-0.1, -0.05) is 0 Å². The molecule has 0 fully saturated rings. The number of rotatable bonds is 3. The van der Waals surface area contributed by atoms with Crippen molar-refractivity contribution in [2.24, 2.45) is 0 Å². The summed E-state index contributed by atoms with van der Waals surface area (Å²) in [6, 6.07) is 0. The van der Waals surface area contributed by atoms with Crippen LogP contribution >= 0.6 is 24.8 Å². The monoisotopic (exact) mass is 439 g/mol. The summed E-state index contributed by atoms with van der Waals surface area (Å²) in [5, 5.41) is 0. The second kappa shape index (κ2) is 8.42. The molecule has 0 saturated heterocycles. The van der Waals surface area contributed by atoms with Crippen molar-refractivity contribution in [3.63, 3.8) is 0 Å². The smallest absolute Gasteiger partial charge is 0.147 e. The van der Waals surface area contributed by atoms with Gasteiger partial charge in [-0.05, 0) is 0 Å². The van der Waals surface area contributed by atoms with E-state index >= 15 is 0 Å². The molecule has 2 aliphatic rings. The van der Waals surface area contributed by atoms with Gasteiger partial charge in [-0.3, -0.25) is 0 Å². The van der Waals surface area contributed by atoms with E-state index in [0.29, 0.717) is 0 Å². The first-order valence-electron chi connectivity index (χ1n) is 6.63. The standard InChI is InChI=1S/C7H9.C6H7.C2H7Ge.2ClH.Zr/c1-6-4-3-5-7(6)2;1-6-4-2-3-5-6;1-3-2;;;/h4H,3H2,1-2H3;2,4H,3H2,1H3;3H,1-2H3;2*1H;. The second-order valence-corrected chi connectivity index (χ2v) is 37.3. The van der Waals surface area contributed by atoms with Crippen molar-refractivity contribution >= 4 is 35.4 Å². The summed E-state index contributed by atoms with van der Waals surface area (Å²) in [5.41, 5.74) is 4.86. The molecule has 107 valence electrons. The van der Waals surface area contributed by atoms with E-state index in [-0.39, 0.29) is 24.8 Å². The Balaban J connectivity index is 0.00000162. The molecule has 0 nitrogen and oxygen atoms in total. The molecule has 0 aromatic heterocycles. The minimum absolute atomic E-state index is 0. The summed E-state index contributed by atoms with van der Waals surface area (Å²) in [7, 11) is -0.973. The van der Waals surface area contributed by atoms with E-state index in [2.05, 4.69) is 50.5 Å². The maximum Gasteiger partial charge on any atom is -0.147 e. The average Bonchev–Trinajstić information content (AvgIpc) is 2.80. The van der Waals surface area contributed by atoms with Gasteiger partial charge >= 0.3 is 116 Å². The summed E-state index contributed by atoms with van der Waals surface area (Å²) in [5.74, 6) is 5.27. The van der Waals surface area contributed by atoms with Crippen LogP contribution in [-0.2, 0) is 19.2 Å². The molecule has 0 radical (unpaired) electrons. The SMILES string of the molecule is CC1=CC[C]([Zr]([C]2=C(C)C=CC2)[GeH]([CH3])[CH3])=C1C.Cl.Cl. The minimum Gasteiger partial charge on any atom is -0.147 e. The molecule has 0 heterocycles. The van der Waals surface area contributed by atoms with Crippen molar-refractivity contribution in [2.75, 3.05) is 0 Å². The normalized spacial score (nSPS) is 17.7. The van der Waals surface area contributed by atoms with Gasteiger partial charge in [0.2, 0.25) is 0 Å². The Morgan fingerprint density at radius 2 is 1.63 bits per heavy atom. The predicted octanol–water partition coefficient (Wildman–Crippen LogP) is 5.29. The molecule has 0 aromatic rings. The third-order valence-corrected chi connectivity index (χ3v) is 36.0. The van der Waals surface area contributed by atoms with Gasteiger partial charge in [0.15, 0.2) is 0 Å². The van der Waals surface area contributed by atoms with Gasteiger partial charge in [0, 0.05) is 0 Å². The Labute approximate surface area is 140 Å². The molecule has 0 amide bonds. The molecule has 0 saturated carbocycles. The van der Waals surface area contributed by atoms with Gasteiger partial charge in [-0.15, -0.1) is 24.8 Å². The Bertz CT molecular complexity index is 459. The molecule has 2 rings (SSSR count). The van der Waals surface area contributed by atoms with Gasteiger partial charge in [0.05, 0.1) is 0 Å². The van der Waals surface area contributed by atoms with Gasteiger partial charge in [-0.25, -0.2) is 0 Å². The molecule has 0 bridgehead atoms. The molecule has 2 aliphatic carbocycles. The van der Waals surface area contributed by atoms with Gasteiger partial charge in [-0.2, -0.15) is 0 Å². The van der Waals surface area contributed by atoms with Crippen LogP contribution in [-0.4, -0.2) is 10.6 Å². The Kier molecular flexibility index (Phi) is 8.85. The number of allylic oxidation sites excluding steroid dienone is 8.